The molecule has 0 aliphatic carbocycles. The van der Waals surface area contributed by atoms with Crippen molar-refractivity contribution in [3.63, 3.8) is 0 Å². The van der Waals surface area contributed by atoms with Crippen LogP contribution in [0.3, 0.4) is 0 Å². The van der Waals surface area contributed by atoms with Gasteiger partial charge < -0.3 is 10.5 Å². The summed E-state index contributed by atoms with van der Waals surface area (Å²) in [6.45, 7) is 3.45. The van der Waals surface area contributed by atoms with E-state index >= 15 is 0 Å². The molecule has 2 nitrogen and oxygen atoms in total. The number of hydrogen-bond acceptors (Lipinski definition) is 2. The summed E-state index contributed by atoms with van der Waals surface area (Å²) in [4.78, 5) is 0. The topological polar surface area (TPSA) is 35.2 Å². The molecule has 1 rings (SSSR count). The molecule has 0 spiro atoms. The van der Waals surface area contributed by atoms with Gasteiger partial charge in [0.1, 0.15) is 11.6 Å². The van der Waals surface area contributed by atoms with Gasteiger partial charge in [-0.3, -0.25) is 0 Å². The Morgan fingerprint density at radius 3 is 2.47 bits per heavy atom. The molecule has 15 heavy (non-hydrogen) atoms. The molecule has 0 amide bonds. The molecular formula is C11H15F2NO. The first-order valence-electron chi connectivity index (χ1n) is 4.64. The minimum Gasteiger partial charge on any atom is -0.377 e. The molecule has 0 bridgehead atoms. The molecule has 0 aromatic heterocycles. The first-order valence-corrected chi connectivity index (χ1v) is 4.64. The van der Waals surface area contributed by atoms with Gasteiger partial charge in [-0.1, -0.05) is 0 Å². The van der Waals surface area contributed by atoms with Crippen LogP contribution in [0.1, 0.15) is 25.5 Å². The van der Waals surface area contributed by atoms with Gasteiger partial charge >= 0.3 is 0 Å². The van der Waals surface area contributed by atoms with E-state index in [1.165, 1.54) is 7.11 Å². The van der Waals surface area contributed by atoms with Crippen LogP contribution < -0.4 is 5.73 Å². The monoisotopic (exact) mass is 215 g/mol. The Kier molecular flexibility index (Phi) is 3.42. The van der Waals surface area contributed by atoms with Gasteiger partial charge in [-0.2, -0.15) is 0 Å². The zero-order valence-corrected chi connectivity index (χ0v) is 9.05. The summed E-state index contributed by atoms with van der Waals surface area (Å²) < 4.78 is 31.5. The Morgan fingerprint density at radius 2 is 1.93 bits per heavy atom. The van der Waals surface area contributed by atoms with Crippen molar-refractivity contribution in [2.75, 3.05) is 7.11 Å². The second-order valence-electron chi connectivity index (χ2n) is 3.95. The van der Waals surface area contributed by atoms with E-state index in [9.17, 15) is 8.78 Å². The van der Waals surface area contributed by atoms with Crippen molar-refractivity contribution in [3.05, 3.63) is 35.4 Å². The van der Waals surface area contributed by atoms with Crippen LogP contribution in [-0.4, -0.2) is 12.7 Å². The van der Waals surface area contributed by atoms with E-state index in [2.05, 4.69) is 0 Å². The van der Waals surface area contributed by atoms with E-state index in [0.717, 1.165) is 18.2 Å². The summed E-state index contributed by atoms with van der Waals surface area (Å²) >= 11 is 0. The van der Waals surface area contributed by atoms with E-state index in [1.54, 1.807) is 13.8 Å². The SMILES string of the molecule is COC(C)(C)C(N)c1cc(F)ccc1F. The van der Waals surface area contributed by atoms with Gasteiger partial charge in [-0.15, -0.1) is 0 Å². The molecule has 84 valence electrons. The average Bonchev–Trinajstić information content (AvgIpc) is 2.20. The molecule has 0 saturated carbocycles. The van der Waals surface area contributed by atoms with Crippen molar-refractivity contribution >= 4 is 0 Å². The smallest absolute Gasteiger partial charge is 0.128 e. The maximum atomic E-state index is 13.4. The normalized spacial score (nSPS) is 14.0. The average molecular weight is 215 g/mol. The Bertz CT molecular complexity index is 352. The van der Waals surface area contributed by atoms with Crippen LogP contribution in [0.15, 0.2) is 18.2 Å². The van der Waals surface area contributed by atoms with Crippen LogP contribution in [0.2, 0.25) is 0 Å². The van der Waals surface area contributed by atoms with Crippen molar-refractivity contribution in [1.82, 2.24) is 0 Å². The highest BCUT2D eigenvalue weighted by molar-refractivity contribution is 5.24. The predicted octanol–water partition coefficient (Wildman–Crippen LogP) is 2.39. The molecule has 1 aromatic carbocycles. The number of benzene rings is 1. The summed E-state index contributed by atoms with van der Waals surface area (Å²) in [6.07, 6.45) is 0. The zero-order chi connectivity index (χ0) is 11.6. The molecule has 0 radical (unpaired) electrons. The number of halogens is 2. The maximum absolute atomic E-state index is 13.4. The van der Waals surface area contributed by atoms with E-state index in [4.69, 9.17) is 10.5 Å². The number of rotatable bonds is 3. The molecule has 0 aliphatic rings. The van der Waals surface area contributed by atoms with Gasteiger partial charge in [0.25, 0.3) is 0 Å². The number of ether oxygens (including phenoxy) is 1. The lowest BCUT2D eigenvalue weighted by Gasteiger charge is -2.30. The first-order chi connectivity index (χ1) is 6.88. The maximum Gasteiger partial charge on any atom is 0.128 e. The molecule has 0 aliphatic heterocycles. The third kappa shape index (κ3) is 2.52. The second kappa shape index (κ2) is 4.24. The Balaban J connectivity index is 3.10. The standard InChI is InChI=1S/C11H15F2NO/c1-11(2,15-3)10(14)8-6-7(12)4-5-9(8)13/h4-6,10H,14H2,1-3H3. The third-order valence-corrected chi connectivity index (χ3v) is 2.57. The lowest BCUT2D eigenvalue weighted by Crippen LogP contribution is -2.37. The fourth-order valence-electron chi connectivity index (χ4n) is 1.25. The quantitative estimate of drug-likeness (QED) is 0.840. The molecule has 1 unspecified atom stereocenters. The molecule has 2 N–H and O–H groups in total. The summed E-state index contributed by atoms with van der Waals surface area (Å²) in [5.41, 5.74) is 5.21. The van der Waals surface area contributed by atoms with Gasteiger partial charge in [0, 0.05) is 12.7 Å². The molecule has 1 aromatic rings. The van der Waals surface area contributed by atoms with Crippen molar-refractivity contribution in [3.8, 4) is 0 Å². The van der Waals surface area contributed by atoms with Crippen molar-refractivity contribution in [1.29, 1.82) is 0 Å². The van der Waals surface area contributed by atoms with Crippen LogP contribution in [0.4, 0.5) is 8.78 Å². The minimum atomic E-state index is -0.741. The Morgan fingerprint density at radius 1 is 1.33 bits per heavy atom. The molecule has 0 saturated heterocycles. The van der Waals surface area contributed by atoms with Gasteiger partial charge in [0.2, 0.25) is 0 Å². The van der Waals surface area contributed by atoms with E-state index in [0.29, 0.717) is 0 Å². The summed E-state index contributed by atoms with van der Waals surface area (Å²) in [6, 6.07) is 2.51. The fourth-order valence-corrected chi connectivity index (χ4v) is 1.25. The third-order valence-electron chi connectivity index (χ3n) is 2.57. The number of nitrogens with two attached hydrogens (primary N) is 1. The molecule has 4 heteroatoms. The summed E-state index contributed by atoms with van der Waals surface area (Å²) in [5.74, 6) is -1.03. The highest BCUT2D eigenvalue weighted by atomic mass is 19.1. The molecule has 0 heterocycles. The number of hydrogen-bond donors (Lipinski definition) is 1. The van der Waals surface area contributed by atoms with E-state index in [-0.39, 0.29) is 5.56 Å². The van der Waals surface area contributed by atoms with Gasteiger partial charge in [0.15, 0.2) is 0 Å². The van der Waals surface area contributed by atoms with Crippen molar-refractivity contribution < 1.29 is 13.5 Å². The molecular weight excluding hydrogens is 200 g/mol. The highest BCUT2D eigenvalue weighted by Gasteiger charge is 2.29. The largest absolute Gasteiger partial charge is 0.377 e. The van der Waals surface area contributed by atoms with Crippen LogP contribution in [-0.2, 0) is 4.74 Å². The van der Waals surface area contributed by atoms with Gasteiger partial charge in [-0.05, 0) is 32.0 Å². The Hall–Kier alpha value is -1.00. The van der Waals surface area contributed by atoms with E-state index in [1.807, 2.05) is 0 Å². The summed E-state index contributed by atoms with van der Waals surface area (Å²) in [7, 11) is 1.48. The van der Waals surface area contributed by atoms with Crippen molar-refractivity contribution in [2.24, 2.45) is 5.73 Å². The van der Waals surface area contributed by atoms with E-state index < -0.39 is 23.3 Å². The highest BCUT2D eigenvalue weighted by Crippen LogP contribution is 2.28. The minimum absolute atomic E-state index is 0.127. The first kappa shape index (κ1) is 12.1. The van der Waals surface area contributed by atoms with Crippen LogP contribution in [0, 0.1) is 11.6 Å². The lowest BCUT2D eigenvalue weighted by molar-refractivity contribution is -0.000960. The summed E-state index contributed by atoms with van der Waals surface area (Å²) in [5, 5.41) is 0. The van der Waals surface area contributed by atoms with Gasteiger partial charge in [0.05, 0.1) is 11.6 Å². The van der Waals surface area contributed by atoms with Crippen LogP contribution >= 0.6 is 0 Å². The second-order valence-corrected chi connectivity index (χ2v) is 3.95. The number of methoxy groups -OCH3 is 1. The fraction of sp³-hybridized carbons (Fsp3) is 0.455. The van der Waals surface area contributed by atoms with Crippen LogP contribution in [0.25, 0.3) is 0 Å². The predicted molar refractivity (Wildman–Crippen MR) is 54.4 cm³/mol. The van der Waals surface area contributed by atoms with Gasteiger partial charge in [-0.25, -0.2) is 8.78 Å². The lowest BCUT2D eigenvalue weighted by atomic mass is 9.92. The molecule has 0 fully saturated rings. The van der Waals surface area contributed by atoms with Crippen LogP contribution in [0.5, 0.6) is 0 Å². The van der Waals surface area contributed by atoms with Crippen molar-refractivity contribution in [2.45, 2.75) is 25.5 Å². The molecule has 1 atom stereocenters. The Labute approximate surface area is 88.0 Å². The zero-order valence-electron chi connectivity index (χ0n) is 9.05.